The number of hydrogen-bond donors (Lipinski definition) is 1. The molecule has 130 valence electrons. The fraction of sp³-hybridized carbons (Fsp3) is 0.105. The summed E-state index contributed by atoms with van der Waals surface area (Å²) in [6.07, 6.45) is 1.86. The molecule has 2 aromatic carbocycles. The zero-order valence-electron chi connectivity index (χ0n) is 14.1. The summed E-state index contributed by atoms with van der Waals surface area (Å²) in [6, 6.07) is 15.3. The molecule has 7 heteroatoms. The van der Waals surface area contributed by atoms with Gasteiger partial charge in [0, 0.05) is 11.3 Å². The number of nitrogens with zero attached hydrogens (tertiary/aromatic N) is 4. The van der Waals surface area contributed by atoms with Crippen LogP contribution in [0.5, 0.6) is 5.75 Å². The molecule has 0 amide bonds. The number of para-hydroxylation sites is 1. The number of anilines is 1. The highest BCUT2D eigenvalue weighted by Crippen LogP contribution is 2.27. The SMILES string of the molecule is COc1ccc(Cn2cc3nc(-c4ccccc4N)nc(Cl)c3n2)cc1. The lowest BCUT2D eigenvalue weighted by atomic mass is 10.1. The summed E-state index contributed by atoms with van der Waals surface area (Å²) in [5.41, 5.74) is 9.72. The van der Waals surface area contributed by atoms with Gasteiger partial charge in [0.1, 0.15) is 16.8 Å². The second-order valence-corrected chi connectivity index (χ2v) is 6.19. The van der Waals surface area contributed by atoms with Crippen molar-refractivity contribution in [3.63, 3.8) is 0 Å². The first kappa shape index (κ1) is 16.4. The maximum Gasteiger partial charge on any atom is 0.163 e. The largest absolute Gasteiger partial charge is 0.497 e. The standard InChI is InChI=1S/C19H16ClN5O/c1-26-13-8-6-12(7-9-13)10-25-11-16-17(24-25)18(20)23-19(22-16)14-4-2-3-5-15(14)21/h2-9,11H,10,21H2,1H3. The zero-order chi connectivity index (χ0) is 18.1. The highest BCUT2D eigenvalue weighted by atomic mass is 35.5. The molecule has 0 atom stereocenters. The van der Waals surface area contributed by atoms with Gasteiger partial charge >= 0.3 is 0 Å². The Balaban J connectivity index is 1.70. The number of methoxy groups -OCH3 is 1. The van der Waals surface area contributed by atoms with E-state index in [0.717, 1.165) is 16.9 Å². The molecule has 0 aliphatic rings. The van der Waals surface area contributed by atoms with Gasteiger partial charge in [-0.2, -0.15) is 5.10 Å². The highest BCUT2D eigenvalue weighted by Gasteiger charge is 2.13. The smallest absolute Gasteiger partial charge is 0.163 e. The summed E-state index contributed by atoms with van der Waals surface area (Å²) in [7, 11) is 1.65. The second-order valence-electron chi connectivity index (χ2n) is 5.83. The number of nitrogens with two attached hydrogens (primary N) is 1. The number of rotatable bonds is 4. The molecule has 0 saturated carbocycles. The Labute approximate surface area is 155 Å². The first-order chi connectivity index (χ1) is 12.6. The molecule has 0 bridgehead atoms. The molecule has 0 aliphatic carbocycles. The molecule has 0 saturated heterocycles. The zero-order valence-corrected chi connectivity index (χ0v) is 14.8. The average Bonchev–Trinajstić information content (AvgIpc) is 3.06. The Morgan fingerprint density at radius 1 is 1.08 bits per heavy atom. The highest BCUT2D eigenvalue weighted by molar-refractivity contribution is 6.33. The van der Waals surface area contributed by atoms with Gasteiger partial charge in [-0.25, -0.2) is 9.97 Å². The second kappa shape index (κ2) is 6.65. The third kappa shape index (κ3) is 3.07. The molecule has 2 aromatic heterocycles. The van der Waals surface area contributed by atoms with Gasteiger partial charge in [0.05, 0.1) is 19.9 Å². The number of benzene rings is 2. The summed E-state index contributed by atoms with van der Waals surface area (Å²) in [6.45, 7) is 0.597. The number of aromatic nitrogens is 4. The van der Waals surface area contributed by atoms with E-state index in [1.54, 1.807) is 11.8 Å². The van der Waals surface area contributed by atoms with Crippen LogP contribution < -0.4 is 10.5 Å². The molecule has 0 fully saturated rings. The number of halogens is 1. The minimum absolute atomic E-state index is 0.307. The van der Waals surface area contributed by atoms with Gasteiger partial charge in [0.25, 0.3) is 0 Å². The predicted molar refractivity (Wildman–Crippen MR) is 102 cm³/mol. The van der Waals surface area contributed by atoms with Crippen LogP contribution in [0.4, 0.5) is 5.69 Å². The van der Waals surface area contributed by atoms with Crippen LogP contribution in [0.25, 0.3) is 22.4 Å². The lowest BCUT2D eigenvalue weighted by molar-refractivity contribution is 0.414. The van der Waals surface area contributed by atoms with Gasteiger partial charge in [0.2, 0.25) is 0 Å². The van der Waals surface area contributed by atoms with Crippen LogP contribution in [0.1, 0.15) is 5.56 Å². The average molecular weight is 366 g/mol. The Bertz CT molecular complexity index is 1080. The molecule has 0 spiro atoms. The molecule has 26 heavy (non-hydrogen) atoms. The molecule has 2 heterocycles. The van der Waals surface area contributed by atoms with Gasteiger partial charge in [-0.1, -0.05) is 35.9 Å². The molecular formula is C19H16ClN5O. The van der Waals surface area contributed by atoms with Crippen LogP contribution in [-0.2, 0) is 6.54 Å². The maximum atomic E-state index is 6.34. The Morgan fingerprint density at radius 3 is 2.58 bits per heavy atom. The van der Waals surface area contributed by atoms with Crippen molar-refractivity contribution in [2.24, 2.45) is 0 Å². The Morgan fingerprint density at radius 2 is 1.85 bits per heavy atom. The van der Waals surface area contributed by atoms with Gasteiger partial charge in [0.15, 0.2) is 11.0 Å². The van der Waals surface area contributed by atoms with E-state index in [9.17, 15) is 0 Å². The van der Waals surface area contributed by atoms with Crippen LogP contribution in [0, 0.1) is 0 Å². The van der Waals surface area contributed by atoms with Crippen LogP contribution >= 0.6 is 11.6 Å². The monoisotopic (exact) mass is 365 g/mol. The summed E-state index contributed by atoms with van der Waals surface area (Å²) < 4.78 is 6.98. The fourth-order valence-corrected chi connectivity index (χ4v) is 2.96. The van der Waals surface area contributed by atoms with E-state index in [-0.39, 0.29) is 0 Å². The topological polar surface area (TPSA) is 78.9 Å². The van der Waals surface area contributed by atoms with E-state index < -0.39 is 0 Å². The van der Waals surface area contributed by atoms with Crippen molar-refractivity contribution < 1.29 is 4.74 Å². The number of fused-ring (bicyclic) bond motifs is 1. The summed E-state index contributed by atoms with van der Waals surface area (Å²) in [5, 5.41) is 4.81. The van der Waals surface area contributed by atoms with E-state index in [4.69, 9.17) is 22.1 Å². The van der Waals surface area contributed by atoms with Crippen LogP contribution in [0.3, 0.4) is 0 Å². The van der Waals surface area contributed by atoms with E-state index >= 15 is 0 Å². The van der Waals surface area contributed by atoms with E-state index in [2.05, 4.69) is 15.1 Å². The van der Waals surface area contributed by atoms with E-state index in [1.165, 1.54) is 0 Å². The van der Waals surface area contributed by atoms with Crippen LogP contribution in [-0.4, -0.2) is 26.9 Å². The third-order valence-corrected chi connectivity index (χ3v) is 4.34. The predicted octanol–water partition coefficient (Wildman–Crippen LogP) is 3.79. The van der Waals surface area contributed by atoms with Crippen molar-refractivity contribution in [1.82, 2.24) is 19.7 Å². The molecule has 4 rings (SSSR count). The minimum atomic E-state index is 0.307. The van der Waals surface area contributed by atoms with Crippen LogP contribution in [0.15, 0.2) is 54.7 Å². The van der Waals surface area contributed by atoms with Crippen molar-refractivity contribution in [2.75, 3.05) is 12.8 Å². The molecule has 4 aromatic rings. The fourth-order valence-electron chi connectivity index (χ4n) is 2.74. The number of hydrogen-bond acceptors (Lipinski definition) is 5. The Hall–Kier alpha value is -3.12. The van der Waals surface area contributed by atoms with Crippen molar-refractivity contribution in [3.05, 3.63) is 65.4 Å². The first-order valence-electron chi connectivity index (χ1n) is 8.02. The lowest BCUT2D eigenvalue weighted by Gasteiger charge is -2.04. The van der Waals surface area contributed by atoms with Gasteiger partial charge in [-0.3, -0.25) is 4.68 Å². The number of ether oxygens (including phenoxy) is 1. The molecular weight excluding hydrogens is 350 g/mol. The van der Waals surface area contributed by atoms with E-state index in [1.807, 2.05) is 54.7 Å². The van der Waals surface area contributed by atoms with Gasteiger partial charge in [-0.15, -0.1) is 0 Å². The molecule has 2 N–H and O–H groups in total. The maximum absolute atomic E-state index is 6.34. The number of nitrogen functional groups attached to an aromatic ring is 1. The first-order valence-corrected chi connectivity index (χ1v) is 8.40. The quantitative estimate of drug-likeness (QED) is 0.439. The van der Waals surface area contributed by atoms with Crippen LogP contribution in [0.2, 0.25) is 5.15 Å². The minimum Gasteiger partial charge on any atom is -0.497 e. The Kier molecular flexibility index (Phi) is 4.18. The van der Waals surface area contributed by atoms with Gasteiger partial charge < -0.3 is 10.5 Å². The third-order valence-electron chi connectivity index (χ3n) is 4.07. The lowest BCUT2D eigenvalue weighted by Crippen LogP contribution is -1.99. The van der Waals surface area contributed by atoms with Crippen molar-refractivity contribution in [1.29, 1.82) is 0 Å². The summed E-state index contributed by atoms with van der Waals surface area (Å²) >= 11 is 6.34. The molecule has 0 unspecified atom stereocenters. The molecule has 0 aliphatic heterocycles. The molecule has 6 nitrogen and oxygen atoms in total. The van der Waals surface area contributed by atoms with Crippen molar-refractivity contribution >= 4 is 28.3 Å². The van der Waals surface area contributed by atoms with E-state index in [0.29, 0.717) is 34.2 Å². The van der Waals surface area contributed by atoms with Crippen molar-refractivity contribution in [2.45, 2.75) is 6.54 Å². The molecule has 0 radical (unpaired) electrons. The van der Waals surface area contributed by atoms with Crippen molar-refractivity contribution in [3.8, 4) is 17.1 Å². The van der Waals surface area contributed by atoms with Gasteiger partial charge in [-0.05, 0) is 29.8 Å². The summed E-state index contributed by atoms with van der Waals surface area (Å²) in [4.78, 5) is 8.94. The summed E-state index contributed by atoms with van der Waals surface area (Å²) in [5.74, 6) is 1.31. The normalized spacial score (nSPS) is 11.0.